The minimum absolute atomic E-state index is 0.422. The van der Waals surface area contributed by atoms with E-state index in [0.29, 0.717) is 17.5 Å². The molecule has 0 fully saturated rings. The molecule has 4 nitrogen and oxygen atoms in total. The van der Waals surface area contributed by atoms with Gasteiger partial charge >= 0.3 is 0 Å². The lowest BCUT2D eigenvalue weighted by Crippen LogP contribution is -2.36. The molecule has 2 rings (SSSR count). The summed E-state index contributed by atoms with van der Waals surface area (Å²) in [6.07, 6.45) is 9.72. The summed E-state index contributed by atoms with van der Waals surface area (Å²) in [6.45, 7) is 0.422. The molecule has 0 saturated carbocycles. The van der Waals surface area contributed by atoms with Gasteiger partial charge < -0.3 is 10.4 Å². The summed E-state index contributed by atoms with van der Waals surface area (Å²) in [6, 6.07) is 0. The van der Waals surface area contributed by atoms with Gasteiger partial charge in [0.2, 0.25) is 5.95 Å². The van der Waals surface area contributed by atoms with Crippen molar-refractivity contribution < 1.29 is 5.11 Å². The van der Waals surface area contributed by atoms with Gasteiger partial charge in [-0.15, -0.1) is 0 Å². The zero-order valence-electron chi connectivity index (χ0n) is 8.86. The molecule has 0 radical (unpaired) electrons. The predicted octanol–water partition coefficient (Wildman–Crippen LogP) is 2.01. The van der Waals surface area contributed by atoms with E-state index in [-0.39, 0.29) is 0 Å². The van der Waals surface area contributed by atoms with Crippen molar-refractivity contribution in [1.82, 2.24) is 9.97 Å². The number of hydrogen-bond donors (Lipinski definition) is 2. The number of hydrogen-bond acceptors (Lipinski definition) is 4. The van der Waals surface area contributed by atoms with Crippen LogP contribution in [0.1, 0.15) is 19.3 Å². The number of halogens is 1. The molecule has 0 saturated heterocycles. The summed E-state index contributed by atoms with van der Waals surface area (Å²) in [5.74, 6) is 0.483. The molecule has 2 N–H and O–H groups in total. The van der Waals surface area contributed by atoms with E-state index < -0.39 is 5.60 Å². The molecule has 0 aliphatic heterocycles. The first kappa shape index (κ1) is 11.4. The average Bonchev–Trinajstić information content (AvgIpc) is 2.29. The van der Waals surface area contributed by atoms with Crippen LogP contribution >= 0.6 is 11.6 Å². The molecule has 1 heterocycles. The van der Waals surface area contributed by atoms with Gasteiger partial charge in [0.15, 0.2) is 0 Å². The van der Waals surface area contributed by atoms with Crippen LogP contribution in [-0.2, 0) is 0 Å². The number of nitrogens with zero attached hydrogens (tertiary/aromatic N) is 2. The summed E-state index contributed by atoms with van der Waals surface area (Å²) in [5, 5.41) is 13.7. The summed E-state index contributed by atoms with van der Waals surface area (Å²) in [4.78, 5) is 8.01. The van der Waals surface area contributed by atoms with Crippen molar-refractivity contribution in [1.29, 1.82) is 0 Å². The van der Waals surface area contributed by atoms with Crippen LogP contribution in [0.2, 0.25) is 5.02 Å². The van der Waals surface area contributed by atoms with Crippen LogP contribution in [0, 0.1) is 0 Å². The summed E-state index contributed by atoms with van der Waals surface area (Å²) in [5.41, 5.74) is -0.777. The van der Waals surface area contributed by atoms with Gasteiger partial charge in [-0.05, 0) is 19.3 Å². The summed E-state index contributed by atoms with van der Waals surface area (Å²) in [7, 11) is 0. The smallest absolute Gasteiger partial charge is 0.222 e. The topological polar surface area (TPSA) is 58.0 Å². The zero-order chi connectivity index (χ0) is 11.4. The van der Waals surface area contributed by atoms with Crippen LogP contribution < -0.4 is 5.32 Å². The highest BCUT2D eigenvalue weighted by Crippen LogP contribution is 2.21. The van der Waals surface area contributed by atoms with Gasteiger partial charge in [-0.2, -0.15) is 0 Å². The molecule has 0 bridgehead atoms. The highest BCUT2D eigenvalue weighted by molar-refractivity contribution is 6.30. The Morgan fingerprint density at radius 1 is 1.44 bits per heavy atom. The third-order valence-corrected chi connectivity index (χ3v) is 2.78. The first-order valence-electron chi connectivity index (χ1n) is 5.29. The normalized spacial score (nSPS) is 24.4. The second kappa shape index (κ2) is 4.80. The average molecular weight is 240 g/mol. The van der Waals surface area contributed by atoms with Crippen molar-refractivity contribution in [2.75, 3.05) is 11.9 Å². The van der Waals surface area contributed by atoms with E-state index in [1.54, 1.807) is 0 Å². The Morgan fingerprint density at radius 2 is 2.19 bits per heavy atom. The maximum Gasteiger partial charge on any atom is 0.222 e. The Hall–Kier alpha value is -1.13. The van der Waals surface area contributed by atoms with E-state index >= 15 is 0 Å². The standard InChI is InChI=1S/C11H14ClN3O/c12-9-6-13-10(14-7-9)15-8-11(16)4-2-1-3-5-11/h2,4,6-7,16H,1,3,5,8H2,(H,13,14,15). The highest BCUT2D eigenvalue weighted by Gasteiger charge is 2.24. The lowest BCUT2D eigenvalue weighted by Gasteiger charge is -2.27. The fraction of sp³-hybridized carbons (Fsp3) is 0.455. The minimum atomic E-state index is -0.777. The maximum atomic E-state index is 10.2. The minimum Gasteiger partial charge on any atom is -0.384 e. The number of nitrogens with one attached hydrogen (secondary N) is 1. The number of allylic oxidation sites excluding steroid dienone is 1. The van der Waals surface area contributed by atoms with Crippen molar-refractivity contribution in [3.05, 3.63) is 29.6 Å². The van der Waals surface area contributed by atoms with Crippen LogP contribution in [0.25, 0.3) is 0 Å². The Morgan fingerprint density at radius 3 is 2.81 bits per heavy atom. The Balaban J connectivity index is 1.94. The molecule has 1 aliphatic rings. The van der Waals surface area contributed by atoms with Gasteiger partial charge in [-0.1, -0.05) is 23.8 Å². The molecule has 1 unspecified atom stereocenters. The van der Waals surface area contributed by atoms with Gasteiger partial charge in [0.25, 0.3) is 0 Å². The molecule has 5 heteroatoms. The molecular formula is C11H14ClN3O. The molecule has 0 aromatic carbocycles. The lowest BCUT2D eigenvalue weighted by atomic mass is 9.91. The van der Waals surface area contributed by atoms with Gasteiger partial charge in [0.1, 0.15) is 0 Å². The van der Waals surface area contributed by atoms with E-state index in [1.165, 1.54) is 12.4 Å². The fourth-order valence-corrected chi connectivity index (χ4v) is 1.79. The van der Waals surface area contributed by atoms with Crippen molar-refractivity contribution in [3.8, 4) is 0 Å². The molecule has 1 aromatic rings. The largest absolute Gasteiger partial charge is 0.384 e. The second-order valence-corrected chi connectivity index (χ2v) is 4.41. The Labute approximate surface area is 99.4 Å². The molecule has 86 valence electrons. The Bertz CT molecular complexity index is 379. The van der Waals surface area contributed by atoms with Crippen molar-refractivity contribution in [2.45, 2.75) is 24.9 Å². The third-order valence-electron chi connectivity index (χ3n) is 2.58. The zero-order valence-corrected chi connectivity index (χ0v) is 9.61. The second-order valence-electron chi connectivity index (χ2n) is 3.98. The summed E-state index contributed by atoms with van der Waals surface area (Å²) >= 11 is 5.67. The van der Waals surface area contributed by atoms with Gasteiger partial charge in [0.05, 0.1) is 29.6 Å². The van der Waals surface area contributed by atoms with E-state index in [1.807, 2.05) is 12.2 Å². The first-order valence-corrected chi connectivity index (χ1v) is 5.67. The van der Waals surface area contributed by atoms with Gasteiger partial charge in [0, 0.05) is 0 Å². The molecular weight excluding hydrogens is 226 g/mol. The molecule has 1 aromatic heterocycles. The van der Waals surface area contributed by atoms with E-state index in [9.17, 15) is 5.11 Å². The van der Waals surface area contributed by atoms with Crippen LogP contribution in [0.3, 0.4) is 0 Å². The van der Waals surface area contributed by atoms with Gasteiger partial charge in [-0.3, -0.25) is 0 Å². The van der Waals surface area contributed by atoms with E-state index in [2.05, 4.69) is 15.3 Å². The third kappa shape index (κ3) is 2.93. The fourth-order valence-electron chi connectivity index (χ4n) is 1.70. The SMILES string of the molecule is OC1(CNc2ncc(Cl)cn2)C=CCCC1. The number of aromatic nitrogens is 2. The van der Waals surface area contributed by atoms with Crippen molar-refractivity contribution in [3.63, 3.8) is 0 Å². The van der Waals surface area contributed by atoms with Crippen LogP contribution in [0.4, 0.5) is 5.95 Å². The number of aliphatic hydroxyl groups is 1. The predicted molar refractivity (Wildman–Crippen MR) is 63.5 cm³/mol. The number of anilines is 1. The molecule has 0 spiro atoms. The first-order chi connectivity index (χ1) is 7.68. The van der Waals surface area contributed by atoms with Gasteiger partial charge in [-0.25, -0.2) is 9.97 Å². The number of rotatable bonds is 3. The van der Waals surface area contributed by atoms with Crippen molar-refractivity contribution >= 4 is 17.5 Å². The van der Waals surface area contributed by atoms with Crippen LogP contribution in [-0.4, -0.2) is 27.2 Å². The summed E-state index contributed by atoms with van der Waals surface area (Å²) < 4.78 is 0. The van der Waals surface area contributed by atoms with Crippen molar-refractivity contribution in [2.24, 2.45) is 0 Å². The Kier molecular flexibility index (Phi) is 3.41. The molecule has 1 atom stereocenters. The monoisotopic (exact) mass is 239 g/mol. The van der Waals surface area contributed by atoms with E-state index in [0.717, 1.165) is 19.3 Å². The molecule has 1 aliphatic carbocycles. The quantitative estimate of drug-likeness (QED) is 0.793. The highest BCUT2D eigenvalue weighted by atomic mass is 35.5. The van der Waals surface area contributed by atoms with Crippen LogP contribution in [0.15, 0.2) is 24.5 Å². The lowest BCUT2D eigenvalue weighted by molar-refractivity contribution is 0.0879. The maximum absolute atomic E-state index is 10.2. The molecule has 0 amide bonds. The van der Waals surface area contributed by atoms with E-state index in [4.69, 9.17) is 11.6 Å². The van der Waals surface area contributed by atoms with Crippen LogP contribution in [0.5, 0.6) is 0 Å². The molecule has 16 heavy (non-hydrogen) atoms.